The molecular weight excluding hydrogens is 204 g/mol. The van der Waals surface area contributed by atoms with Gasteiger partial charge in [-0.2, -0.15) is 0 Å². The van der Waals surface area contributed by atoms with Crippen molar-refractivity contribution >= 4 is 5.69 Å². The van der Waals surface area contributed by atoms with E-state index in [-0.39, 0.29) is 22.1 Å². The van der Waals surface area contributed by atoms with E-state index in [1.165, 1.54) is 0 Å². The topological polar surface area (TPSA) is 69.2 Å². The molecule has 0 amide bonds. The second kappa shape index (κ2) is 3.56. The Morgan fingerprint density at radius 3 is 2.31 bits per heavy atom. The molecule has 2 N–H and O–H groups in total. The largest absolute Gasteiger partial charge is 0.327 e. The molecule has 0 heterocycles. The van der Waals surface area contributed by atoms with Gasteiger partial charge in [-0.15, -0.1) is 0 Å². The van der Waals surface area contributed by atoms with Gasteiger partial charge < -0.3 is 5.73 Å². The van der Waals surface area contributed by atoms with Crippen molar-refractivity contribution in [1.82, 2.24) is 0 Å². The number of nitro benzene ring substituents is 1. The monoisotopic (exact) mass is 220 g/mol. The molecule has 0 radical (unpaired) electrons. The number of benzene rings is 1. The van der Waals surface area contributed by atoms with E-state index in [0.29, 0.717) is 5.92 Å². The van der Waals surface area contributed by atoms with Crippen LogP contribution in [0.5, 0.6) is 0 Å². The van der Waals surface area contributed by atoms with Gasteiger partial charge in [-0.3, -0.25) is 10.1 Å². The summed E-state index contributed by atoms with van der Waals surface area (Å²) in [7, 11) is 0. The molecule has 1 saturated carbocycles. The van der Waals surface area contributed by atoms with Crippen molar-refractivity contribution in [2.75, 3.05) is 0 Å². The van der Waals surface area contributed by atoms with Crippen molar-refractivity contribution in [3.63, 3.8) is 0 Å². The Balaban J connectivity index is 2.21. The molecule has 1 aromatic rings. The zero-order valence-corrected chi connectivity index (χ0v) is 9.51. The number of nitro groups is 1. The fraction of sp³-hybridized carbons (Fsp3) is 0.500. The molecule has 4 heteroatoms. The zero-order valence-electron chi connectivity index (χ0n) is 9.51. The van der Waals surface area contributed by atoms with Crippen molar-refractivity contribution in [1.29, 1.82) is 0 Å². The van der Waals surface area contributed by atoms with Crippen LogP contribution in [0.4, 0.5) is 5.69 Å². The van der Waals surface area contributed by atoms with Crippen LogP contribution in [0.3, 0.4) is 0 Å². The van der Waals surface area contributed by atoms with E-state index in [9.17, 15) is 10.1 Å². The van der Waals surface area contributed by atoms with E-state index in [1.54, 1.807) is 12.1 Å². The molecule has 1 aliphatic carbocycles. The Hall–Kier alpha value is -1.42. The smallest absolute Gasteiger partial charge is 0.269 e. The predicted molar refractivity (Wildman–Crippen MR) is 62.2 cm³/mol. The van der Waals surface area contributed by atoms with Gasteiger partial charge in [-0.1, -0.05) is 26.0 Å². The molecule has 0 aromatic heterocycles. The Morgan fingerprint density at radius 1 is 1.38 bits per heavy atom. The maximum atomic E-state index is 10.5. The van der Waals surface area contributed by atoms with Gasteiger partial charge in [0.05, 0.1) is 4.92 Å². The van der Waals surface area contributed by atoms with Crippen molar-refractivity contribution in [2.24, 2.45) is 11.1 Å². The van der Waals surface area contributed by atoms with Crippen molar-refractivity contribution in [3.8, 4) is 0 Å². The van der Waals surface area contributed by atoms with Crippen LogP contribution in [-0.4, -0.2) is 11.0 Å². The summed E-state index contributed by atoms with van der Waals surface area (Å²) < 4.78 is 0. The lowest BCUT2D eigenvalue weighted by molar-refractivity contribution is -0.384. The molecule has 0 aliphatic heterocycles. The van der Waals surface area contributed by atoms with Gasteiger partial charge in [0.1, 0.15) is 0 Å². The number of hydrogen-bond donors (Lipinski definition) is 1. The number of rotatable bonds is 2. The molecule has 4 nitrogen and oxygen atoms in total. The SMILES string of the molecule is CC1(C)C(N)CC1c1ccc([N+](=O)[O-])cc1. The first-order valence-corrected chi connectivity index (χ1v) is 5.43. The molecule has 1 aliphatic rings. The molecule has 2 rings (SSSR count). The Labute approximate surface area is 94.6 Å². The fourth-order valence-electron chi connectivity index (χ4n) is 2.35. The van der Waals surface area contributed by atoms with Gasteiger partial charge >= 0.3 is 0 Å². The minimum Gasteiger partial charge on any atom is -0.327 e. The number of hydrogen-bond acceptors (Lipinski definition) is 3. The highest BCUT2D eigenvalue weighted by atomic mass is 16.6. The highest BCUT2D eigenvalue weighted by Crippen LogP contribution is 2.51. The first-order valence-electron chi connectivity index (χ1n) is 5.43. The third-order valence-electron chi connectivity index (χ3n) is 3.85. The van der Waals surface area contributed by atoms with Crippen molar-refractivity contribution < 1.29 is 4.92 Å². The molecule has 0 bridgehead atoms. The zero-order chi connectivity index (χ0) is 11.9. The van der Waals surface area contributed by atoms with Crippen molar-refractivity contribution in [2.45, 2.75) is 32.2 Å². The summed E-state index contributed by atoms with van der Waals surface area (Å²) in [5.41, 5.74) is 7.34. The first-order chi connectivity index (χ1) is 7.43. The van der Waals surface area contributed by atoms with Crippen LogP contribution in [0.25, 0.3) is 0 Å². The highest BCUT2D eigenvalue weighted by Gasteiger charge is 2.46. The molecular formula is C12H16N2O2. The minimum atomic E-state index is -0.374. The summed E-state index contributed by atoms with van der Waals surface area (Å²) in [4.78, 5) is 10.2. The molecule has 86 valence electrons. The maximum absolute atomic E-state index is 10.5. The standard InChI is InChI=1S/C12H16N2O2/c1-12(2)10(7-11(12)13)8-3-5-9(6-4-8)14(15)16/h3-6,10-11H,7,13H2,1-2H3. The summed E-state index contributed by atoms with van der Waals surface area (Å²) in [6.07, 6.45) is 0.963. The van der Waals surface area contributed by atoms with Gasteiger partial charge in [-0.25, -0.2) is 0 Å². The Kier molecular flexibility index (Phi) is 2.46. The Morgan fingerprint density at radius 2 is 1.94 bits per heavy atom. The van der Waals surface area contributed by atoms with Crippen molar-refractivity contribution in [3.05, 3.63) is 39.9 Å². The fourth-order valence-corrected chi connectivity index (χ4v) is 2.35. The van der Waals surface area contributed by atoms with E-state index in [4.69, 9.17) is 5.73 Å². The van der Waals surface area contributed by atoms with Gasteiger partial charge in [0.2, 0.25) is 0 Å². The molecule has 16 heavy (non-hydrogen) atoms. The van der Waals surface area contributed by atoms with Crippen LogP contribution in [0.15, 0.2) is 24.3 Å². The first kappa shape index (κ1) is 11.1. The van der Waals surface area contributed by atoms with Crippen LogP contribution in [0.1, 0.15) is 31.7 Å². The normalized spacial score (nSPS) is 27.2. The Bertz CT molecular complexity index is 412. The van der Waals surface area contributed by atoms with Crippen LogP contribution in [-0.2, 0) is 0 Å². The van der Waals surface area contributed by atoms with Crippen LogP contribution >= 0.6 is 0 Å². The number of non-ortho nitro benzene ring substituents is 1. The van der Waals surface area contributed by atoms with E-state index in [2.05, 4.69) is 13.8 Å². The molecule has 0 spiro atoms. The highest BCUT2D eigenvalue weighted by molar-refractivity contribution is 5.36. The summed E-state index contributed by atoms with van der Waals surface area (Å²) in [5, 5.41) is 10.5. The average Bonchev–Trinajstić information content (AvgIpc) is 2.26. The lowest BCUT2D eigenvalue weighted by atomic mass is 9.57. The van der Waals surface area contributed by atoms with Crippen LogP contribution < -0.4 is 5.73 Å². The van der Waals surface area contributed by atoms with E-state index in [0.717, 1.165) is 12.0 Å². The minimum absolute atomic E-state index is 0.0934. The molecule has 1 fully saturated rings. The van der Waals surface area contributed by atoms with Gasteiger partial charge in [-0.05, 0) is 23.3 Å². The maximum Gasteiger partial charge on any atom is 0.269 e. The van der Waals surface area contributed by atoms with Gasteiger partial charge in [0.25, 0.3) is 5.69 Å². The van der Waals surface area contributed by atoms with Gasteiger partial charge in [0, 0.05) is 18.2 Å². The van der Waals surface area contributed by atoms with E-state index >= 15 is 0 Å². The lowest BCUT2D eigenvalue weighted by Gasteiger charge is -2.50. The average molecular weight is 220 g/mol. The second-order valence-electron chi connectivity index (χ2n) is 5.06. The predicted octanol–water partition coefficient (Wildman–Crippen LogP) is 2.44. The quantitative estimate of drug-likeness (QED) is 0.614. The summed E-state index contributed by atoms with van der Waals surface area (Å²) >= 11 is 0. The summed E-state index contributed by atoms with van der Waals surface area (Å²) in [5.74, 6) is 0.420. The molecule has 2 atom stereocenters. The van der Waals surface area contributed by atoms with Crippen LogP contribution in [0, 0.1) is 15.5 Å². The van der Waals surface area contributed by atoms with Gasteiger partial charge in [0.15, 0.2) is 0 Å². The van der Waals surface area contributed by atoms with E-state index in [1.807, 2.05) is 12.1 Å². The number of nitrogens with zero attached hydrogens (tertiary/aromatic N) is 1. The lowest BCUT2D eigenvalue weighted by Crippen LogP contribution is -2.52. The summed E-state index contributed by atoms with van der Waals surface area (Å²) in [6, 6.07) is 7.05. The van der Waals surface area contributed by atoms with E-state index < -0.39 is 0 Å². The summed E-state index contributed by atoms with van der Waals surface area (Å²) in [6.45, 7) is 4.29. The molecule has 2 unspecified atom stereocenters. The van der Waals surface area contributed by atoms with Crippen LogP contribution in [0.2, 0.25) is 0 Å². The number of nitrogens with two attached hydrogens (primary N) is 1. The third-order valence-corrected chi connectivity index (χ3v) is 3.85. The molecule has 1 aromatic carbocycles. The third kappa shape index (κ3) is 1.59. The molecule has 0 saturated heterocycles. The second-order valence-corrected chi connectivity index (χ2v) is 5.06.